The van der Waals surface area contributed by atoms with Crippen molar-refractivity contribution in [2.75, 3.05) is 0 Å². The molecule has 0 radical (unpaired) electrons. The van der Waals surface area contributed by atoms with E-state index in [2.05, 4.69) is 261 Å². The second-order valence-electron chi connectivity index (χ2n) is 19.0. The van der Waals surface area contributed by atoms with E-state index < -0.39 is 0 Å². The molecular formula is C70H45N3Se. The summed E-state index contributed by atoms with van der Waals surface area (Å²) >= 11 is 0.0735. The fourth-order valence-electron chi connectivity index (χ4n) is 11.6. The number of aromatic nitrogens is 3. The Morgan fingerprint density at radius 3 is 1.41 bits per heavy atom. The molecule has 1 aliphatic carbocycles. The molecule has 2 heterocycles. The van der Waals surface area contributed by atoms with Gasteiger partial charge in [-0.25, -0.2) is 0 Å². The van der Waals surface area contributed by atoms with Crippen LogP contribution in [0.1, 0.15) is 11.1 Å². The molecular weight excluding hydrogens is 962 g/mol. The number of hydrogen-bond acceptors (Lipinski definition) is 3. The van der Waals surface area contributed by atoms with Crippen molar-refractivity contribution in [3.8, 4) is 112 Å². The molecule has 346 valence electrons. The number of hydrogen-bond donors (Lipinski definition) is 0. The molecule has 0 spiro atoms. The molecule has 0 saturated carbocycles. The summed E-state index contributed by atoms with van der Waals surface area (Å²) in [5.74, 6) is 0. The summed E-state index contributed by atoms with van der Waals surface area (Å²) in [5.41, 5.74) is 24.7. The summed E-state index contributed by atoms with van der Waals surface area (Å²) in [6, 6.07) is 95.2. The van der Waals surface area contributed by atoms with Crippen LogP contribution in [0.2, 0.25) is 0 Å². The zero-order valence-corrected chi connectivity index (χ0v) is 42.0. The van der Waals surface area contributed by atoms with Crippen LogP contribution >= 0.6 is 0 Å². The van der Waals surface area contributed by atoms with Crippen molar-refractivity contribution in [1.82, 2.24) is 15.4 Å². The van der Waals surface area contributed by atoms with Gasteiger partial charge >= 0.3 is 439 Å². The quantitative estimate of drug-likeness (QED) is 0.135. The average Bonchev–Trinajstić information content (AvgIpc) is 4.06. The third-order valence-corrected chi connectivity index (χ3v) is 17.2. The molecule has 0 fully saturated rings. The van der Waals surface area contributed by atoms with Crippen molar-refractivity contribution in [1.29, 1.82) is 0 Å². The molecule has 0 saturated heterocycles. The molecule has 0 bridgehead atoms. The fraction of sp³-hybridized carbons (Fsp3) is 0.0143. The molecule has 0 unspecified atom stereocenters. The Bertz CT molecular complexity index is 4230. The first-order valence-corrected chi connectivity index (χ1v) is 26.9. The first kappa shape index (κ1) is 43.7. The molecule has 1 aliphatic rings. The SMILES string of the molecule is c1ccc(-c2ccc(-c3c(-c4c5c(cc(-c6ccccc6)c4-c4ccccc4)-c4ccccc4C5)ccc4[se]c5ccccc5c34)c(-c3nnnc(-c4ccccc4)c3-c3ccccc3)c2-c2ccccc2)cc1. The average molecular weight is 1010 g/mol. The maximum atomic E-state index is 5.31. The molecule has 0 amide bonds. The van der Waals surface area contributed by atoms with Crippen LogP contribution in [0.25, 0.3) is 131 Å². The van der Waals surface area contributed by atoms with E-state index in [-0.39, 0.29) is 14.5 Å². The standard InChI is InChI=1S/C70H45N3Se/c1-7-23-45(24-8-1)53-39-40-56(68(62(53)47-27-11-3-12-28-47)70-64(49-31-15-5-16-32-49)69(71-73-72-70)50-33-17-6-18-34-50)65-55(41-42-61-67(65)54-37-21-22-38-60(54)74-61)66-59-43-51-35-19-20-36-52(51)58(59)44-57(46-25-9-2-10-26-46)63(66)48-29-13-4-14-30-48/h1-42,44H,43H2. The third-order valence-electron chi connectivity index (χ3n) is 14.8. The van der Waals surface area contributed by atoms with Gasteiger partial charge in [0.15, 0.2) is 0 Å². The van der Waals surface area contributed by atoms with Crippen LogP contribution in [-0.4, -0.2) is 29.9 Å². The van der Waals surface area contributed by atoms with E-state index in [1.165, 1.54) is 80.5 Å². The summed E-state index contributed by atoms with van der Waals surface area (Å²) in [5, 5.41) is 17.6. The van der Waals surface area contributed by atoms with Gasteiger partial charge in [-0.05, 0) is 0 Å². The van der Waals surface area contributed by atoms with Gasteiger partial charge in [0, 0.05) is 0 Å². The molecule has 3 nitrogen and oxygen atoms in total. The van der Waals surface area contributed by atoms with Crippen molar-refractivity contribution < 1.29 is 0 Å². The van der Waals surface area contributed by atoms with Gasteiger partial charge in [0.1, 0.15) is 0 Å². The van der Waals surface area contributed by atoms with Gasteiger partial charge in [-0.3, -0.25) is 0 Å². The maximum absolute atomic E-state index is 5.31. The zero-order chi connectivity index (χ0) is 49.0. The fourth-order valence-corrected chi connectivity index (χ4v) is 14.0. The number of rotatable bonds is 9. The number of benzene rings is 11. The van der Waals surface area contributed by atoms with Crippen molar-refractivity contribution in [2.24, 2.45) is 0 Å². The second kappa shape index (κ2) is 18.5. The summed E-state index contributed by atoms with van der Waals surface area (Å²) in [6.45, 7) is 0. The predicted octanol–water partition coefficient (Wildman–Crippen LogP) is 17.8. The molecule has 0 atom stereocenters. The van der Waals surface area contributed by atoms with E-state index in [0.717, 1.165) is 67.9 Å². The Kier molecular flexibility index (Phi) is 10.9. The van der Waals surface area contributed by atoms with Crippen LogP contribution in [0.15, 0.2) is 261 Å². The van der Waals surface area contributed by atoms with E-state index in [4.69, 9.17) is 15.4 Å². The minimum atomic E-state index is 0.0735. The van der Waals surface area contributed by atoms with Crippen molar-refractivity contribution in [3.05, 3.63) is 272 Å². The van der Waals surface area contributed by atoms with E-state index in [0.29, 0.717) is 0 Å². The number of fused-ring (bicyclic) bond motifs is 6. The Morgan fingerprint density at radius 2 is 0.757 bits per heavy atom. The minimum absolute atomic E-state index is 0.0735. The summed E-state index contributed by atoms with van der Waals surface area (Å²) in [6.07, 6.45) is 0.816. The first-order valence-electron chi connectivity index (χ1n) is 25.2. The summed E-state index contributed by atoms with van der Waals surface area (Å²) in [7, 11) is 0. The first-order chi connectivity index (χ1) is 36.8. The van der Waals surface area contributed by atoms with Crippen molar-refractivity contribution in [3.63, 3.8) is 0 Å². The van der Waals surface area contributed by atoms with E-state index in [1.54, 1.807) is 0 Å². The molecule has 2 aromatic heterocycles. The van der Waals surface area contributed by atoms with Crippen LogP contribution in [0.4, 0.5) is 0 Å². The van der Waals surface area contributed by atoms with Gasteiger partial charge in [0.2, 0.25) is 0 Å². The third kappa shape index (κ3) is 7.38. The molecule has 0 aliphatic heterocycles. The van der Waals surface area contributed by atoms with E-state index in [1.807, 2.05) is 0 Å². The Labute approximate surface area is 436 Å². The Hall–Kier alpha value is -9.05. The Balaban J connectivity index is 1.22. The van der Waals surface area contributed by atoms with E-state index >= 15 is 0 Å². The van der Waals surface area contributed by atoms with Gasteiger partial charge in [-0.15, -0.1) is 0 Å². The van der Waals surface area contributed by atoms with E-state index in [9.17, 15) is 0 Å². The molecule has 13 aromatic rings. The molecule has 11 aromatic carbocycles. The molecule has 74 heavy (non-hydrogen) atoms. The van der Waals surface area contributed by atoms with Gasteiger partial charge in [0.05, 0.1) is 0 Å². The van der Waals surface area contributed by atoms with Crippen LogP contribution in [0.5, 0.6) is 0 Å². The van der Waals surface area contributed by atoms with Gasteiger partial charge in [0.25, 0.3) is 0 Å². The van der Waals surface area contributed by atoms with Crippen LogP contribution < -0.4 is 0 Å². The Morgan fingerprint density at radius 1 is 0.284 bits per heavy atom. The topological polar surface area (TPSA) is 38.7 Å². The predicted molar refractivity (Wildman–Crippen MR) is 309 cm³/mol. The molecule has 0 N–H and O–H groups in total. The number of nitrogens with zero attached hydrogens (tertiary/aromatic N) is 3. The molecule has 14 rings (SSSR count). The monoisotopic (exact) mass is 1010 g/mol. The summed E-state index contributed by atoms with van der Waals surface area (Å²) < 4.78 is 2.75. The van der Waals surface area contributed by atoms with Gasteiger partial charge in [-0.2, -0.15) is 0 Å². The molecule has 4 heteroatoms. The van der Waals surface area contributed by atoms with Crippen LogP contribution in [-0.2, 0) is 6.42 Å². The summed E-state index contributed by atoms with van der Waals surface area (Å²) in [4.78, 5) is 0. The van der Waals surface area contributed by atoms with Gasteiger partial charge in [-0.1, -0.05) is 0 Å². The van der Waals surface area contributed by atoms with Crippen molar-refractivity contribution >= 4 is 33.8 Å². The second-order valence-corrected chi connectivity index (χ2v) is 21.2. The van der Waals surface area contributed by atoms with Crippen molar-refractivity contribution in [2.45, 2.75) is 6.42 Å². The normalized spacial score (nSPS) is 11.7. The van der Waals surface area contributed by atoms with Crippen LogP contribution in [0.3, 0.4) is 0 Å². The van der Waals surface area contributed by atoms with Crippen LogP contribution in [0, 0.1) is 0 Å². The zero-order valence-electron chi connectivity index (χ0n) is 40.3. The van der Waals surface area contributed by atoms with Gasteiger partial charge < -0.3 is 0 Å².